The number of para-hydroxylation sites is 2. The highest BCUT2D eigenvalue weighted by atomic mass is 16.3. The minimum Gasteiger partial charge on any atom is -0.455 e. The molecule has 0 atom stereocenters. The fourth-order valence-corrected chi connectivity index (χ4v) is 8.66. The largest absolute Gasteiger partial charge is 0.455 e. The zero-order valence-corrected chi connectivity index (χ0v) is 31.7. The summed E-state index contributed by atoms with van der Waals surface area (Å²) >= 11 is 0. The molecule has 59 heavy (non-hydrogen) atoms. The Morgan fingerprint density at radius 1 is 0.356 bits per heavy atom. The standard InChI is InChI=1S/C56H35NO2/c1-2-12-40-35-43(23-22-36(40)10-1)42-14-7-13-41(34-42)37-24-29-44(30-25-37)57(51-19-9-21-53-54(51)50-33-28-38-11-3-4-15-46(38)56(50)59-53)45-31-26-39(27-32-45)47-17-8-18-49-48-16-5-6-20-52(48)58-55(47)49/h1-35H/i26D,27D,31D,32D. The molecule has 2 aromatic heterocycles. The van der Waals surface area contributed by atoms with Crippen molar-refractivity contribution in [2.24, 2.45) is 0 Å². The van der Waals surface area contributed by atoms with Gasteiger partial charge in [0.1, 0.15) is 22.3 Å². The molecule has 0 fully saturated rings. The third kappa shape index (κ3) is 5.51. The second-order valence-electron chi connectivity index (χ2n) is 14.9. The van der Waals surface area contributed by atoms with Gasteiger partial charge in [0.25, 0.3) is 0 Å². The van der Waals surface area contributed by atoms with E-state index >= 15 is 0 Å². The molecular weight excluding hydrogens is 719 g/mol. The van der Waals surface area contributed by atoms with Gasteiger partial charge in [-0.05, 0) is 105 Å². The van der Waals surface area contributed by atoms with E-state index in [1.54, 1.807) is 0 Å². The first-order valence-corrected chi connectivity index (χ1v) is 19.7. The van der Waals surface area contributed by atoms with Crippen LogP contribution in [0.1, 0.15) is 5.48 Å². The maximum Gasteiger partial charge on any atom is 0.143 e. The van der Waals surface area contributed by atoms with Crippen molar-refractivity contribution in [2.75, 3.05) is 4.90 Å². The van der Waals surface area contributed by atoms with Crippen LogP contribution in [0.2, 0.25) is 0 Å². The molecule has 0 saturated carbocycles. The Kier molecular flexibility index (Phi) is 6.65. The SMILES string of the molecule is [2H]c1c([2H])c(N(c2ccc(-c3cccc(-c4ccc5ccccc5c4)c3)cc2)c2cccc3oc4c5ccccc5ccc4c23)c([2H])c([2H])c1-c1cccc2c1oc1ccccc12. The number of anilines is 3. The predicted octanol–water partition coefficient (Wildman–Crippen LogP) is 16.3. The average molecular weight is 758 g/mol. The Morgan fingerprint density at radius 2 is 0.983 bits per heavy atom. The van der Waals surface area contributed by atoms with Crippen molar-refractivity contribution in [3.63, 3.8) is 0 Å². The smallest absolute Gasteiger partial charge is 0.143 e. The van der Waals surface area contributed by atoms with Crippen LogP contribution < -0.4 is 4.90 Å². The second kappa shape index (κ2) is 13.4. The molecule has 10 aromatic carbocycles. The minimum atomic E-state index is -0.179. The molecule has 0 aliphatic carbocycles. The van der Waals surface area contributed by atoms with E-state index in [2.05, 4.69) is 103 Å². The number of hydrogen-bond acceptors (Lipinski definition) is 3. The van der Waals surface area contributed by atoms with Gasteiger partial charge in [0.15, 0.2) is 0 Å². The van der Waals surface area contributed by atoms with Crippen molar-refractivity contribution in [3.05, 3.63) is 212 Å². The van der Waals surface area contributed by atoms with Gasteiger partial charge in [0, 0.05) is 38.5 Å². The van der Waals surface area contributed by atoms with Crippen molar-refractivity contribution in [3.8, 4) is 33.4 Å². The molecule has 3 heteroatoms. The zero-order chi connectivity index (χ0) is 42.3. The molecule has 0 saturated heterocycles. The van der Waals surface area contributed by atoms with E-state index in [9.17, 15) is 5.48 Å². The van der Waals surface area contributed by atoms with Crippen LogP contribution in [0, 0.1) is 0 Å². The Labute approximate surface area is 346 Å². The third-order valence-electron chi connectivity index (χ3n) is 11.5. The van der Waals surface area contributed by atoms with E-state index in [0.29, 0.717) is 33.7 Å². The zero-order valence-electron chi connectivity index (χ0n) is 35.7. The van der Waals surface area contributed by atoms with Crippen molar-refractivity contribution in [1.29, 1.82) is 0 Å². The highest BCUT2D eigenvalue weighted by molar-refractivity contribution is 6.19. The van der Waals surface area contributed by atoms with Crippen molar-refractivity contribution >= 4 is 82.5 Å². The van der Waals surface area contributed by atoms with Crippen LogP contribution in [0.15, 0.2) is 221 Å². The van der Waals surface area contributed by atoms with Crippen LogP contribution in [0.25, 0.3) is 98.8 Å². The molecule has 276 valence electrons. The molecule has 0 spiro atoms. The summed E-state index contributed by atoms with van der Waals surface area (Å²) in [4.78, 5) is 1.86. The highest BCUT2D eigenvalue weighted by Crippen LogP contribution is 2.45. The van der Waals surface area contributed by atoms with Crippen molar-refractivity contribution < 1.29 is 14.3 Å². The number of rotatable bonds is 6. The minimum absolute atomic E-state index is 0.124. The molecule has 0 bridgehead atoms. The Bertz CT molecular complexity index is 3780. The fraction of sp³-hybridized carbons (Fsp3) is 0. The molecule has 0 N–H and O–H groups in total. The van der Waals surface area contributed by atoms with Crippen LogP contribution in [-0.2, 0) is 0 Å². The van der Waals surface area contributed by atoms with Gasteiger partial charge < -0.3 is 13.7 Å². The number of furan rings is 2. The number of nitrogens with zero attached hydrogens (tertiary/aromatic N) is 1. The first kappa shape index (κ1) is 29.4. The summed E-state index contributed by atoms with van der Waals surface area (Å²) in [6, 6.07) is 62.2. The number of hydrogen-bond donors (Lipinski definition) is 0. The predicted molar refractivity (Wildman–Crippen MR) is 247 cm³/mol. The average Bonchev–Trinajstić information content (AvgIpc) is 3.92. The van der Waals surface area contributed by atoms with Gasteiger partial charge in [-0.1, -0.05) is 152 Å². The summed E-state index contributed by atoms with van der Waals surface area (Å²) in [5, 5.41) is 7.87. The van der Waals surface area contributed by atoms with Crippen LogP contribution in [-0.4, -0.2) is 0 Å². The van der Waals surface area contributed by atoms with Crippen LogP contribution in [0.5, 0.6) is 0 Å². The lowest BCUT2D eigenvalue weighted by Gasteiger charge is -2.26. The maximum atomic E-state index is 9.76. The molecule has 0 aliphatic rings. The van der Waals surface area contributed by atoms with E-state index in [1.807, 2.05) is 89.8 Å². The van der Waals surface area contributed by atoms with Crippen LogP contribution in [0.4, 0.5) is 17.1 Å². The monoisotopic (exact) mass is 757 g/mol. The van der Waals surface area contributed by atoms with E-state index in [0.717, 1.165) is 60.2 Å². The quantitative estimate of drug-likeness (QED) is 0.169. The lowest BCUT2D eigenvalue weighted by atomic mass is 9.97. The molecule has 12 aromatic rings. The summed E-state index contributed by atoms with van der Waals surface area (Å²) in [5.41, 5.74) is 9.02. The van der Waals surface area contributed by atoms with E-state index in [1.165, 1.54) is 10.8 Å². The van der Waals surface area contributed by atoms with Gasteiger partial charge >= 0.3 is 0 Å². The highest BCUT2D eigenvalue weighted by Gasteiger charge is 2.21. The van der Waals surface area contributed by atoms with Gasteiger partial charge in [-0.15, -0.1) is 0 Å². The summed E-state index contributed by atoms with van der Waals surface area (Å²) < 4.78 is 51.7. The maximum absolute atomic E-state index is 9.76. The van der Waals surface area contributed by atoms with Gasteiger partial charge in [-0.2, -0.15) is 0 Å². The van der Waals surface area contributed by atoms with Gasteiger partial charge in [0.05, 0.1) is 16.6 Å². The molecule has 12 rings (SSSR count). The third-order valence-corrected chi connectivity index (χ3v) is 11.5. The number of benzene rings is 10. The van der Waals surface area contributed by atoms with Gasteiger partial charge in [-0.25, -0.2) is 0 Å². The van der Waals surface area contributed by atoms with E-state index in [4.69, 9.17) is 8.83 Å². The Hall–Kier alpha value is -7.88. The lowest BCUT2D eigenvalue weighted by molar-refractivity contribution is 0.670. The molecule has 2 heterocycles. The molecule has 0 unspecified atom stereocenters. The molecule has 0 aliphatic heterocycles. The summed E-state index contributed by atoms with van der Waals surface area (Å²) in [5.74, 6) is 0. The summed E-state index contributed by atoms with van der Waals surface area (Å²) in [6.07, 6.45) is 0. The Balaban J connectivity index is 1.05. The molecular formula is C56H35NO2. The first-order chi connectivity index (χ1) is 30.9. The lowest BCUT2D eigenvalue weighted by Crippen LogP contribution is -2.10. The summed E-state index contributed by atoms with van der Waals surface area (Å²) in [6.45, 7) is 0. The first-order valence-electron chi connectivity index (χ1n) is 21.7. The van der Waals surface area contributed by atoms with E-state index < -0.39 is 0 Å². The fourth-order valence-electron chi connectivity index (χ4n) is 8.66. The second-order valence-corrected chi connectivity index (χ2v) is 14.9. The van der Waals surface area contributed by atoms with Crippen LogP contribution >= 0.6 is 0 Å². The molecule has 0 amide bonds. The Morgan fingerprint density at radius 3 is 1.85 bits per heavy atom. The van der Waals surface area contributed by atoms with Gasteiger partial charge in [-0.3, -0.25) is 0 Å². The molecule has 3 nitrogen and oxygen atoms in total. The van der Waals surface area contributed by atoms with Crippen LogP contribution in [0.3, 0.4) is 0 Å². The number of fused-ring (bicyclic) bond motifs is 9. The van der Waals surface area contributed by atoms with Crippen molar-refractivity contribution in [2.45, 2.75) is 0 Å². The molecule has 0 radical (unpaired) electrons. The van der Waals surface area contributed by atoms with Gasteiger partial charge in [0.2, 0.25) is 0 Å². The van der Waals surface area contributed by atoms with E-state index in [-0.39, 0.29) is 35.4 Å². The summed E-state index contributed by atoms with van der Waals surface area (Å²) in [7, 11) is 0. The topological polar surface area (TPSA) is 29.5 Å². The normalized spacial score (nSPS) is 12.7. The van der Waals surface area contributed by atoms with Crippen molar-refractivity contribution in [1.82, 2.24) is 0 Å².